The van der Waals surface area contributed by atoms with Crippen molar-refractivity contribution in [1.29, 1.82) is 0 Å². The van der Waals surface area contributed by atoms with Crippen molar-refractivity contribution in [2.24, 2.45) is 5.73 Å². The quantitative estimate of drug-likeness (QED) is 0.686. The summed E-state index contributed by atoms with van der Waals surface area (Å²) in [6.45, 7) is 8.78. The van der Waals surface area contributed by atoms with Gasteiger partial charge in [-0.2, -0.15) is 0 Å². The van der Waals surface area contributed by atoms with E-state index >= 15 is 0 Å². The Morgan fingerprint density at radius 2 is 1.76 bits per heavy atom. The number of thioether (sulfide) groups is 1. The summed E-state index contributed by atoms with van der Waals surface area (Å²) in [6, 6.07) is 13.6. The predicted octanol–water partition coefficient (Wildman–Crippen LogP) is 5.75. The van der Waals surface area contributed by atoms with Gasteiger partial charge in [0.25, 0.3) is 0 Å². The third-order valence-electron chi connectivity index (χ3n) is 3.71. The summed E-state index contributed by atoms with van der Waals surface area (Å²) in [5.41, 5.74) is 7.76. The van der Waals surface area contributed by atoms with E-state index in [2.05, 4.69) is 64.1 Å². The van der Waals surface area contributed by atoms with E-state index < -0.39 is 0 Å². The lowest BCUT2D eigenvalue weighted by atomic mass is 10.0. The lowest BCUT2D eigenvalue weighted by molar-refractivity contribution is 0.640. The molecule has 0 bridgehead atoms. The van der Waals surface area contributed by atoms with E-state index in [1.54, 1.807) is 0 Å². The molecule has 0 fully saturated rings. The first kappa shape index (κ1) is 16.6. The molecule has 1 heterocycles. The molecular formula is C18H25NS2. The number of hydrogen-bond acceptors (Lipinski definition) is 3. The zero-order valence-electron chi connectivity index (χ0n) is 13.3. The Kier molecular flexibility index (Phi) is 5.91. The summed E-state index contributed by atoms with van der Waals surface area (Å²) in [6.07, 6.45) is 0.999. The second-order valence-corrected chi connectivity index (χ2v) is 8.32. The standard InChI is InChI=1S/C18H25NS2/c1-5-16(19)18(17-11-6-13(4)20-17)21-15-9-7-14(8-10-15)12(2)3/h6-12,16,18H,5,19H2,1-4H3. The lowest BCUT2D eigenvalue weighted by Crippen LogP contribution is -2.25. The molecule has 0 radical (unpaired) electrons. The molecule has 114 valence electrons. The Bertz CT molecular complexity index is 557. The molecule has 0 saturated carbocycles. The SMILES string of the molecule is CCC(N)C(Sc1ccc(C(C)C)cc1)c1ccc(C)s1. The summed E-state index contributed by atoms with van der Waals surface area (Å²) >= 11 is 3.76. The zero-order valence-corrected chi connectivity index (χ0v) is 14.9. The van der Waals surface area contributed by atoms with E-state index in [0.29, 0.717) is 11.2 Å². The van der Waals surface area contributed by atoms with Crippen LogP contribution in [-0.4, -0.2) is 6.04 Å². The highest BCUT2D eigenvalue weighted by Gasteiger charge is 2.21. The average molecular weight is 320 g/mol. The minimum atomic E-state index is 0.192. The lowest BCUT2D eigenvalue weighted by Gasteiger charge is -2.21. The maximum atomic E-state index is 6.37. The molecule has 2 N–H and O–H groups in total. The van der Waals surface area contributed by atoms with Crippen molar-refractivity contribution in [1.82, 2.24) is 0 Å². The molecule has 3 heteroatoms. The predicted molar refractivity (Wildman–Crippen MR) is 96.5 cm³/mol. The van der Waals surface area contributed by atoms with Crippen molar-refractivity contribution in [3.63, 3.8) is 0 Å². The normalized spacial score (nSPS) is 14.4. The van der Waals surface area contributed by atoms with Crippen LogP contribution < -0.4 is 5.73 Å². The number of benzene rings is 1. The first-order valence-corrected chi connectivity index (χ1v) is 9.29. The Balaban J connectivity index is 2.18. The summed E-state index contributed by atoms with van der Waals surface area (Å²) < 4.78 is 0. The van der Waals surface area contributed by atoms with Gasteiger partial charge in [0, 0.05) is 20.7 Å². The van der Waals surface area contributed by atoms with Crippen LogP contribution in [0.2, 0.25) is 0 Å². The number of aryl methyl sites for hydroxylation is 1. The first-order chi connectivity index (χ1) is 10.0. The summed E-state index contributed by atoms with van der Waals surface area (Å²) in [5.74, 6) is 0.581. The molecular weight excluding hydrogens is 294 g/mol. The fraction of sp³-hybridized carbons (Fsp3) is 0.444. The topological polar surface area (TPSA) is 26.0 Å². The minimum absolute atomic E-state index is 0.192. The Hall–Kier alpha value is -0.770. The van der Waals surface area contributed by atoms with Gasteiger partial charge in [-0.3, -0.25) is 0 Å². The average Bonchev–Trinajstić information content (AvgIpc) is 2.90. The molecule has 2 unspecified atom stereocenters. The molecule has 2 atom stereocenters. The number of thiophene rings is 1. The van der Waals surface area contributed by atoms with Crippen molar-refractivity contribution in [3.8, 4) is 0 Å². The summed E-state index contributed by atoms with van der Waals surface area (Å²) in [7, 11) is 0. The Labute approximate surface area is 137 Å². The minimum Gasteiger partial charge on any atom is -0.326 e. The van der Waals surface area contributed by atoms with Gasteiger partial charge < -0.3 is 5.73 Å². The Morgan fingerprint density at radius 3 is 2.24 bits per heavy atom. The van der Waals surface area contributed by atoms with Gasteiger partial charge in [0.1, 0.15) is 0 Å². The Morgan fingerprint density at radius 1 is 1.10 bits per heavy atom. The number of nitrogens with two attached hydrogens (primary N) is 1. The van der Waals surface area contributed by atoms with Gasteiger partial charge in [-0.25, -0.2) is 0 Å². The van der Waals surface area contributed by atoms with Crippen LogP contribution in [0.1, 0.15) is 53.7 Å². The van der Waals surface area contributed by atoms with Crippen molar-refractivity contribution in [2.75, 3.05) is 0 Å². The van der Waals surface area contributed by atoms with Crippen LogP contribution >= 0.6 is 23.1 Å². The van der Waals surface area contributed by atoms with E-state index in [0.717, 1.165) is 6.42 Å². The van der Waals surface area contributed by atoms with Gasteiger partial charge in [-0.15, -0.1) is 23.1 Å². The van der Waals surface area contributed by atoms with E-state index in [9.17, 15) is 0 Å². The first-order valence-electron chi connectivity index (χ1n) is 7.59. The van der Waals surface area contributed by atoms with Crippen LogP contribution in [0.5, 0.6) is 0 Å². The smallest absolute Gasteiger partial charge is 0.0589 e. The van der Waals surface area contributed by atoms with Gasteiger partial charge in [-0.05, 0) is 49.1 Å². The molecule has 2 rings (SSSR count). The monoisotopic (exact) mass is 319 g/mol. The molecule has 0 aliphatic carbocycles. The largest absolute Gasteiger partial charge is 0.326 e. The summed E-state index contributed by atoms with van der Waals surface area (Å²) in [4.78, 5) is 4.05. The van der Waals surface area contributed by atoms with Gasteiger partial charge >= 0.3 is 0 Å². The second-order valence-electron chi connectivity index (χ2n) is 5.78. The molecule has 1 nitrogen and oxygen atoms in total. The van der Waals surface area contributed by atoms with E-state index in [-0.39, 0.29) is 6.04 Å². The third-order valence-corrected chi connectivity index (χ3v) is 6.35. The molecule has 0 amide bonds. The zero-order chi connectivity index (χ0) is 15.4. The van der Waals surface area contributed by atoms with Crippen LogP contribution in [0.4, 0.5) is 0 Å². The fourth-order valence-corrected chi connectivity index (χ4v) is 4.63. The third kappa shape index (κ3) is 4.35. The molecule has 0 aliphatic heterocycles. The van der Waals surface area contributed by atoms with Crippen LogP contribution in [0.15, 0.2) is 41.3 Å². The van der Waals surface area contributed by atoms with Crippen molar-refractivity contribution < 1.29 is 0 Å². The van der Waals surface area contributed by atoms with Gasteiger partial charge in [0.05, 0.1) is 5.25 Å². The molecule has 0 aliphatic rings. The van der Waals surface area contributed by atoms with Crippen LogP contribution in [0.3, 0.4) is 0 Å². The summed E-state index contributed by atoms with van der Waals surface area (Å²) in [5, 5.41) is 0.346. The molecule has 1 aromatic heterocycles. The maximum Gasteiger partial charge on any atom is 0.0589 e. The van der Waals surface area contributed by atoms with Crippen molar-refractivity contribution in [2.45, 2.75) is 56.2 Å². The van der Waals surface area contributed by atoms with Gasteiger partial charge in [0.2, 0.25) is 0 Å². The van der Waals surface area contributed by atoms with Gasteiger partial charge in [0.15, 0.2) is 0 Å². The number of rotatable bonds is 6. The second kappa shape index (κ2) is 7.48. The van der Waals surface area contributed by atoms with Crippen LogP contribution in [-0.2, 0) is 0 Å². The van der Waals surface area contributed by atoms with Crippen LogP contribution in [0.25, 0.3) is 0 Å². The van der Waals surface area contributed by atoms with Gasteiger partial charge in [-0.1, -0.05) is 32.9 Å². The van der Waals surface area contributed by atoms with Crippen molar-refractivity contribution in [3.05, 3.63) is 51.7 Å². The van der Waals surface area contributed by atoms with E-state index in [1.165, 1.54) is 20.2 Å². The highest BCUT2D eigenvalue weighted by atomic mass is 32.2. The molecule has 0 spiro atoms. The van der Waals surface area contributed by atoms with Crippen LogP contribution in [0, 0.1) is 6.92 Å². The van der Waals surface area contributed by atoms with E-state index in [4.69, 9.17) is 5.73 Å². The highest BCUT2D eigenvalue weighted by molar-refractivity contribution is 7.99. The fourth-order valence-electron chi connectivity index (χ4n) is 2.25. The van der Waals surface area contributed by atoms with E-state index in [1.807, 2.05) is 23.1 Å². The highest BCUT2D eigenvalue weighted by Crippen LogP contribution is 2.41. The molecule has 1 aromatic carbocycles. The molecule has 21 heavy (non-hydrogen) atoms. The molecule has 2 aromatic rings. The molecule has 0 saturated heterocycles. The van der Waals surface area contributed by atoms with Crippen molar-refractivity contribution >= 4 is 23.1 Å². The number of hydrogen-bond donors (Lipinski definition) is 1. The maximum absolute atomic E-state index is 6.37.